The first-order valence-corrected chi connectivity index (χ1v) is 7.45. The maximum absolute atomic E-state index is 13.6. The fraction of sp³-hybridized carbons (Fsp3) is 0.167. The van der Waals surface area contributed by atoms with Crippen LogP contribution in [0.25, 0.3) is 22.2 Å². The average Bonchev–Trinajstić information content (AvgIpc) is 3.00. The average molecular weight is 338 g/mol. The number of anilines is 1. The Kier molecular flexibility index (Phi) is 3.89. The smallest absolute Gasteiger partial charge is 0.309 e. The summed E-state index contributed by atoms with van der Waals surface area (Å²) in [6.45, 7) is 1.71. The van der Waals surface area contributed by atoms with Crippen LogP contribution in [0.4, 0.5) is 10.1 Å². The second-order valence-electron chi connectivity index (χ2n) is 5.81. The predicted octanol–water partition coefficient (Wildman–Crippen LogP) is 3.10. The summed E-state index contributed by atoms with van der Waals surface area (Å²) in [5.74, 6) is -1.01. The summed E-state index contributed by atoms with van der Waals surface area (Å²) in [7, 11) is 3.13. The standard InChI is InChI=1S/C18H15FN4O2/c1-9-12(8-20)15-16(25-17(22-15)18(24)23(2)3)14(21)13(9)10-5-4-6-11(19)7-10/h4-7H,21H2,1-3H3. The van der Waals surface area contributed by atoms with Gasteiger partial charge in [0, 0.05) is 19.7 Å². The van der Waals surface area contributed by atoms with E-state index in [0.717, 1.165) is 0 Å². The number of nitriles is 1. The van der Waals surface area contributed by atoms with Crippen molar-refractivity contribution in [1.29, 1.82) is 5.26 Å². The van der Waals surface area contributed by atoms with Gasteiger partial charge in [-0.1, -0.05) is 12.1 Å². The van der Waals surface area contributed by atoms with Crippen LogP contribution in [-0.2, 0) is 0 Å². The van der Waals surface area contributed by atoms with E-state index in [9.17, 15) is 14.4 Å². The molecule has 126 valence electrons. The molecule has 0 radical (unpaired) electrons. The number of rotatable bonds is 2. The molecule has 0 aliphatic rings. The molecule has 7 heteroatoms. The van der Waals surface area contributed by atoms with E-state index in [4.69, 9.17) is 10.2 Å². The number of nitrogens with two attached hydrogens (primary N) is 1. The molecule has 0 aliphatic heterocycles. The van der Waals surface area contributed by atoms with E-state index in [2.05, 4.69) is 11.1 Å². The summed E-state index contributed by atoms with van der Waals surface area (Å²) in [6, 6.07) is 7.97. The molecule has 1 heterocycles. The number of benzene rings is 2. The number of nitrogens with zero attached hydrogens (tertiary/aromatic N) is 3. The Labute approximate surface area is 143 Å². The van der Waals surface area contributed by atoms with Gasteiger partial charge in [0.1, 0.15) is 17.4 Å². The number of hydrogen-bond donors (Lipinski definition) is 1. The molecule has 0 bridgehead atoms. The summed E-state index contributed by atoms with van der Waals surface area (Å²) in [6.07, 6.45) is 0. The number of aromatic nitrogens is 1. The van der Waals surface area contributed by atoms with Crippen molar-refractivity contribution in [3.63, 3.8) is 0 Å². The summed E-state index contributed by atoms with van der Waals surface area (Å²) in [5, 5.41) is 9.55. The molecular formula is C18H15FN4O2. The van der Waals surface area contributed by atoms with Crippen LogP contribution >= 0.6 is 0 Å². The first-order chi connectivity index (χ1) is 11.8. The van der Waals surface area contributed by atoms with Crippen LogP contribution in [0.1, 0.15) is 21.8 Å². The first kappa shape index (κ1) is 16.5. The van der Waals surface area contributed by atoms with Crippen LogP contribution in [0, 0.1) is 24.1 Å². The van der Waals surface area contributed by atoms with E-state index < -0.39 is 11.7 Å². The summed E-state index contributed by atoms with van der Waals surface area (Å²) >= 11 is 0. The lowest BCUT2D eigenvalue weighted by Gasteiger charge is -2.12. The molecule has 0 aliphatic carbocycles. The molecular weight excluding hydrogens is 323 g/mol. The van der Waals surface area contributed by atoms with E-state index in [1.165, 1.54) is 17.0 Å². The Morgan fingerprint density at radius 1 is 1.40 bits per heavy atom. The predicted molar refractivity (Wildman–Crippen MR) is 91.3 cm³/mol. The van der Waals surface area contributed by atoms with Gasteiger partial charge in [-0.2, -0.15) is 5.26 Å². The Balaban J connectivity index is 2.37. The highest BCUT2D eigenvalue weighted by atomic mass is 19.1. The van der Waals surface area contributed by atoms with Crippen LogP contribution in [0.5, 0.6) is 0 Å². The van der Waals surface area contributed by atoms with Gasteiger partial charge in [-0.05, 0) is 30.2 Å². The molecule has 3 aromatic rings. The molecule has 6 nitrogen and oxygen atoms in total. The molecule has 0 unspecified atom stereocenters. The Bertz CT molecular complexity index is 1050. The zero-order valence-electron chi connectivity index (χ0n) is 13.9. The van der Waals surface area contributed by atoms with Gasteiger partial charge in [0.25, 0.3) is 5.89 Å². The van der Waals surface area contributed by atoms with Crippen molar-refractivity contribution in [2.75, 3.05) is 19.8 Å². The normalized spacial score (nSPS) is 10.7. The minimum atomic E-state index is -0.440. The second-order valence-corrected chi connectivity index (χ2v) is 5.81. The Morgan fingerprint density at radius 2 is 2.12 bits per heavy atom. The van der Waals surface area contributed by atoms with Crippen molar-refractivity contribution < 1.29 is 13.6 Å². The molecule has 0 saturated heterocycles. The van der Waals surface area contributed by atoms with Gasteiger partial charge < -0.3 is 15.1 Å². The Hall–Kier alpha value is -3.40. The van der Waals surface area contributed by atoms with Crippen molar-refractivity contribution in [2.45, 2.75) is 6.92 Å². The van der Waals surface area contributed by atoms with E-state index >= 15 is 0 Å². The van der Waals surface area contributed by atoms with Crippen LogP contribution in [0.2, 0.25) is 0 Å². The zero-order chi connectivity index (χ0) is 18.3. The van der Waals surface area contributed by atoms with Gasteiger partial charge in [0.05, 0.1) is 11.3 Å². The molecule has 2 aromatic carbocycles. The van der Waals surface area contributed by atoms with Crippen LogP contribution in [0.15, 0.2) is 28.7 Å². The van der Waals surface area contributed by atoms with Crippen LogP contribution in [-0.4, -0.2) is 29.9 Å². The van der Waals surface area contributed by atoms with Crippen molar-refractivity contribution in [2.24, 2.45) is 0 Å². The summed E-state index contributed by atoms with van der Waals surface area (Å²) in [5.41, 5.74) is 8.61. The number of nitrogen functional groups attached to an aromatic ring is 1. The lowest BCUT2D eigenvalue weighted by atomic mass is 9.94. The number of hydrogen-bond acceptors (Lipinski definition) is 5. The molecule has 0 spiro atoms. The van der Waals surface area contributed by atoms with E-state index in [1.54, 1.807) is 33.2 Å². The zero-order valence-corrected chi connectivity index (χ0v) is 13.9. The highest BCUT2D eigenvalue weighted by Gasteiger charge is 2.24. The first-order valence-electron chi connectivity index (χ1n) is 7.45. The maximum atomic E-state index is 13.6. The number of halogens is 1. The van der Waals surface area contributed by atoms with Crippen molar-refractivity contribution in [3.05, 3.63) is 47.1 Å². The topological polar surface area (TPSA) is 96.2 Å². The van der Waals surface area contributed by atoms with Gasteiger partial charge in [-0.3, -0.25) is 4.79 Å². The molecule has 0 atom stereocenters. The van der Waals surface area contributed by atoms with Crippen molar-refractivity contribution >= 4 is 22.7 Å². The van der Waals surface area contributed by atoms with Crippen molar-refractivity contribution in [1.82, 2.24) is 9.88 Å². The van der Waals surface area contributed by atoms with E-state index in [-0.39, 0.29) is 28.2 Å². The fourth-order valence-corrected chi connectivity index (χ4v) is 2.73. The lowest BCUT2D eigenvalue weighted by molar-refractivity contribution is 0.0791. The lowest BCUT2D eigenvalue weighted by Crippen LogP contribution is -2.21. The number of amides is 1. The third-order valence-electron chi connectivity index (χ3n) is 3.94. The van der Waals surface area contributed by atoms with Gasteiger partial charge >= 0.3 is 5.91 Å². The SMILES string of the molecule is Cc1c(-c2cccc(F)c2)c(N)c2oc(C(=O)N(C)C)nc2c1C#N. The number of carbonyl (C=O) groups is 1. The molecule has 0 fully saturated rings. The minimum Gasteiger partial charge on any atom is -0.430 e. The van der Waals surface area contributed by atoms with E-state index in [0.29, 0.717) is 16.7 Å². The monoisotopic (exact) mass is 338 g/mol. The molecule has 2 N–H and O–H groups in total. The highest BCUT2D eigenvalue weighted by molar-refractivity contribution is 6.02. The third kappa shape index (κ3) is 2.58. The second kappa shape index (κ2) is 5.91. The molecule has 25 heavy (non-hydrogen) atoms. The molecule has 1 aromatic heterocycles. The largest absolute Gasteiger partial charge is 0.430 e. The Morgan fingerprint density at radius 3 is 2.72 bits per heavy atom. The quantitative estimate of drug-likeness (QED) is 0.724. The van der Waals surface area contributed by atoms with Gasteiger partial charge in [-0.15, -0.1) is 0 Å². The van der Waals surface area contributed by atoms with Gasteiger partial charge in [0.15, 0.2) is 5.58 Å². The van der Waals surface area contributed by atoms with Crippen LogP contribution < -0.4 is 5.73 Å². The molecule has 0 saturated carbocycles. The molecule has 1 amide bonds. The van der Waals surface area contributed by atoms with Gasteiger partial charge in [-0.25, -0.2) is 9.37 Å². The third-order valence-corrected chi connectivity index (χ3v) is 3.94. The summed E-state index contributed by atoms with van der Waals surface area (Å²) in [4.78, 5) is 17.6. The minimum absolute atomic E-state index is 0.145. The van der Waals surface area contributed by atoms with Gasteiger partial charge in [0.2, 0.25) is 0 Å². The van der Waals surface area contributed by atoms with Crippen LogP contribution in [0.3, 0.4) is 0 Å². The molecule has 3 rings (SSSR count). The summed E-state index contributed by atoms with van der Waals surface area (Å²) < 4.78 is 19.2. The maximum Gasteiger partial charge on any atom is 0.309 e. The number of carbonyl (C=O) groups excluding carboxylic acids is 1. The van der Waals surface area contributed by atoms with E-state index in [1.807, 2.05) is 0 Å². The highest BCUT2D eigenvalue weighted by Crippen LogP contribution is 2.39. The number of fused-ring (bicyclic) bond motifs is 1. The fourth-order valence-electron chi connectivity index (χ4n) is 2.73. The number of oxazole rings is 1. The van der Waals surface area contributed by atoms with Crippen molar-refractivity contribution in [3.8, 4) is 17.2 Å².